The predicted octanol–water partition coefficient (Wildman–Crippen LogP) is 14.3. The minimum atomic E-state index is 0.407. The molecule has 0 radical (unpaired) electrons. The van der Waals surface area contributed by atoms with Crippen molar-refractivity contribution in [3.05, 3.63) is 130 Å². The van der Waals surface area contributed by atoms with Gasteiger partial charge in [0, 0.05) is 29.1 Å². The quantitative estimate of drug-likeness (QED) is 0.0575. The van der Waals surface area contributed by atoms with Crippen molar-refractivity contribution in [1.82, 2.24) is 0 Å². The SMILES string of the molecule is CCCCCCCCCC(c1ccc(C(CCCCCC)c2ccc(N)cc2)cc1)c1ccc(C(CCCCCC)c2ccc(N)cc2)cc1. The van der Waals surface area contributed by atoms with Gasteiger partial charge in [-0.1, -0.05) is 190 Å². The van der Waals surface area contributed by atoms with Crippen LogP contribution in [-0.2, 0) is 0 Å². The van der Waals surface area contributed by atoms with E-state index < -0.39 is 0 Å². The molecule has 50 heavy (non-hydrogen) atoms. The van der Waals surface area contributed by atoms with Crippen molar-refractivity contribution in [2.24, 2.45) is 0 Å². The Morgan fingerprint density at radius 2 is 0.500 bits per heavy atom. The number of rotatable bonds is 24. The molecular formula is C48H68N2. The summed E-state index contributed by atoms with van der Waals surface area (Å²) in [5.41, 5.74) is 22.3. The number of nitrogens with two attached hydrogens (primary N) is 2. The van der Waals surface area contributed by atoms with Gasteiger partial charge in [-0.3, -0.25) is 0 Å². The van der Waals surface area contributed by atoms with Crippen molar-refractivity contribution in [3.63, 3.8) is 0 Å². The lowest BCUT2D eigenvalue weighted by Gasteiger charge is -2.23. The molecule has 0 fully saturated rings. The highest BCUT2D eigenvalue weighted by molar-refractivity contribution is 5.45. The molecule has 4 aromatic carbocycles. The second-order valence-electron chi connectivity index (χ2n) is 14.9. The van der Waals surface area contributed by atoms with E-state index in [0.29, 0.717) is 17.8 Å². The molecule has 2 atom stereocenters. The van der Waals surface area contributed by atoms with Gasteiger partial charge in [-0.2, -0.15) is 0 Å². The van der Waals surface area contributed by atoms with E-state index >= 15 is 0 Å². The van der Waals surface area contributed by atoms with E-state index in [1.54, 1.807) is 0 Å². The van der Waals surface area contributed by atoms with Gasteiger partial charge in [-0.25, -0.2) is 0 Å². The zero-order valence-corrected chi connectivity index (χ0v) is 31.9. The Morgan fingerprint density at radius 1 is 0.300 bits per heavy atom. The molecule has 0 aliphatic heterocycles. The molecular weight excluding hydrogens is 605 g/mol. The van der Waals surface area contributed by atoms with Crippen LogP contribution in [-0.4, -0.2) is 0 Å². The van der Waals surface area contributed by atoms with E-state index in [1.807, 2.05) is 0 Å². The van der Waals surface area contributed by atoms with Crippen molar-refractivity contribution in [2.45, 2.75) is 154 Å². The van der Waals surface area contributed by atoms with Crippen molar-refractivity contribution in [1.29, 1.82) is 0 Å². The minimum Gasteiger partial charge on any atom is -0.399 e. The van der Waals surface area contributed by atoms with Gasteiger partial charge in [0.2, 0.25) is 0 Å². The second-order valence-corrected chi connectivity index (χ2v) is 14.9. The Kier molecular flexibility index (Phi) is 17.5. The zero-order chi connectivity index (χ0) is 35.4. The maximum atomic E-state index is 6.08. The van der Waals surface area contributed by atoms with Crippen LogP contribution in [0.25, 0.3) is 0 Å². The van der Waals surface area contributed by atoms with Gasteiger partial charge in [0.25, 0.3) is 0 Å². The van der Waals surface area contributed by atoms with Crippen LogP contribution in [0.4, 0.5) is 11.4 Å². The number of nitrogen functional groups attached to an aromatic ring is 2. The molecule has 0 aromatic heterocycles. The first kappa shape index (κ1) is 39.3. The number of unbranched alkanes of at least 4 members (excludes halogenated alkanes) is 12. The van der Waals surface area contributed by atoms with Gasteiger partial charge >= 0.3 is 0 Å². The molecule has 4 aromatic rings. The van der Waals surface area contributed by atoms with Crippen LogP contribution in [0.15, 0.2) is 97.1 Å². The minimum absolute atomic E-state index is 0.407. The van der Waals surface area contributed by atoms with Gasteiger partial charge in [-0.15, -0.1) is 0 Å². The fourth-order valence-electron chi connectivity index (χ4n) is 7.81. The first-order valence-corrected chi connectivity index (χ1v) is 20.4. The van der Waals surface area contributed by atoms with Crippen LogP contribution >= 0.6 is 0 Å². The Labute approximate surface area is 306 Å². The molecule has 0 spiro atoms. The summed E-state index contributed by atoms with van der Waals surface area (Å²) in [6.45, 7) is 6.88. The largest absolute Gasteiger partial charge is 0.399 e. The summed E-state index contributed by atoms with van der Waals surface area (Å²) in [4.78, 5) is 0. The molecule has 0 aliphatic rings. The first-order chi connectivity index (χ1) is 24.5. The maximum Gasteiger partial charge on any atom is 0.0314 e. The van der Waals surface area contributed by atoms with Gasteiger partial charge in [-0.05, 0) is 76.9 Å². The number of hydrogen-bond acceptors (Lipinski definition) is 2. The summed E-state index contributed by atoms with van der Waals surface area (Å²) in [5.74, 6) is 1.22. The fraction of sp³-hybridized carbons (Fsp3) is 0.500. The van der Waals surface area contributed by atoms with E-state index in [4.69, 9.17) is 11.5 Å². The van der Waals surface area contributed by atoms with E-state index in [2.05, 4.69) is 118 Å². The summed E-state index contributed by atoms with van der Waals surface area (Å²) >= 11 is 0. The second kappa shape index (κ2) is 22.3. The van der Waals surface area contributed by atoms with Gasteiger partial charge in [0.15, 0.2) is 0 Å². The summed E-state index contributed by atoms with van der Waals surface area (Å²) in [5, 5.41) is 0. The molecule has 0 aliphatic carbocycles. The molecule has 0 amide bonds. The van der Waals surface area contributed by atoms with Crippen LogP contribution in [0.5, 0.6) is 0 Å². The first-order valence-electron chi connectivity index (χ1n) is 20.4. The third kappa shape index (κ3) is 12.7. The highest BCUT2D eigenvalue weighted by atomic mass is 14.5. The van der Waals surface area contributed by atoms with Gasteiger partial charge < -0.3 is 11.5 Å². The molecule has 270 valence electrons. The lowest BCUT2D eigenvalue weighted by atomic mass is 9.81. The van der Waals surface area contributed by atoms with Crippen LogP contribution in [0.3, 0.4) is 0 Å². The summed E-state index contributed by atoms with van der Waals surface area (Å²) in [6, 6.07) is 36.7. The standard InChI is InChI=1S/C48H68N2/c1-4-7-10-13-14-15-18-21-46(38-22-26-40(27-23-38)47(19-16-11-8-5-2)42-30-34-44(49)35-31-42)39-24-28-41(29-25-39)48(20-17-12-9-6-3)43-32-36-45(50)37-33-43/h22-37,46-48H,4-21,49-50H2,1-3H3. The monoisotopic (exact) mass is 673 g/mol. The van der Waals surface area contributed by atoms with Crippen LogP contribution in [0.1, 0.15) is 187 Å². The molecule has 0 bridgehead atoms. The maximum absolute atomic E-state index is 6.08. The third-order valence-electron chi connectivity index (χ3n) is 10.9. The Bertz CT molecular complexity index is 1330. The topological polar surface area (TPSA) is 52.0 Å². The predicted molar refractivity (Wildman–Crippen MR) is 220 cm³/mol. The van der Waals surface area contributed by atoms with Crippen LogP contribution in [0, 0.1) is 0 Å². The zero-order valence-electron chi connectivity index (χ0n) is 31.9. The van der Waals surface area contributed by atoms with Crippen molar-refractivity contribution in [3.8, 4) is 0 Å². The smallest absolute Gasteiger partial charge is 0.0314 e. The molecule has 0 saturated heterocycles. The highest BCUT2D eigenvalue weighted by Crippen LogP contribution is 2.37. The van der Waals surface area contributed by atoms with Crippen molar-refractivity contribution in [2.75, 3.05) is 11.5 Å². The Morgan fingerprint density at radius 3 is 0.760 bits per heavy atom. The Hall–Kier alpha value is -3.52. The lowest BCUT2D eigenvalue weighted by molar-refractivity contribution is 0.558. The Balaban J connectivity index is 1.57. The summed E-state index contributed by atoms with van der Waals surface area (Å²) in [6.07, 6.45) is 23.2. The fourth-order valence-corrected chi connectivity index (χ4v) is 7.81. The van der Waals surface area contributed by atoms with E-state index in [-0.39, 0.29) is 0 Å². The summed E-state index contributed by atoms with van der Waals surface area (Å²) in [7, 11) is 0. The molecule has 2 heteroatoms. The molecule has 4 rings (SSSR count). The third-order valence-corrected chi connectivity index (χ3v) is 10.9. The summed E-state index contributed by atoms with van der Waals surface area (Å²) < 4.78 is 0. The van der Waals surface area contributed by atoms with Gasteiger partial charge in [0.05, 0.1) is 0 Å². The number of benzene rings is 4. The molecule has 2 unspecified atom stereocenters. The number of hydrogen-bond donors (Lipinski definition) is 2. The van der Waals surface area contributed by atoms with E-state index in [1.165, 1.54) is 149 Å². The lowest BCUT2D eigenvalue weighted by Crippen LogP contribution is -2.06. The van der Waals surface area contributed by atoms with Crippen molar-refractivity contribution < 1.29 is 0 Å². The normalized spacial score (nSPS) is 13.3. The van der Waals surface area contributed by atoms with Crippen LogP contribution in [0.2, 0.25) is 0 Å². The molecule has 0 heterocycles. The number of anilines is 2. The van der Waals surface area contributed by atoms with E-state index in [9.17, 15) is 0 Å². The highest BCUT2D eigenvalue weighted by Gasteiger charge is 2.20. The molecule has 0 saturated carbocycles. The van der Waals surface area contributed by atoms with Gasteiger partial charge in [0.1, 0.15) is 0 Å². The van der Waals surface area contributed by atoms with E-state index in [0.717, 1.165) is 11.4 Å². The average molecular weight is 673 g/mol. The van der Waals surface area contributed by atoms with Crippen LogP contribution < -0.4 is 11.5 Å². The average Bonchev–Trinajstić information content (AvgIpc) is 3.14. The van der Waals surface area contributed by atoms with Crippen molar-refractivity contribution >= 4 is 11.4 Å². The molecule has 4 N–H and O–H groups in total. The molecule has 2 nitrogen and oxygen atoms in total.